The van der Waals surface area contributed by atoms with E-state index in [9.17, 15) is 19.8 Å². The fourth-order valence-electron chi connectivity index (χ4n) is 5.80. The lowest BCUT2D eigenvalue weighted by Gasteiger charge is -2.23. The van der Waals surface area contributed by atoms with Gasteiger partial charge in [-0.1, -0.05) is 25.5 Å². The van der Waals surface area contributed by atoms with Crippen LogP contribution in [-0.4, -0.2) is 53.3 Å². The molecule has 0 fully saturated rings. The molecule has 9 nitrogen and oxygen atoms in total. The van der Waals surface area contributed by atoms with Crippen molar-refractivity contribution in [1.29, 1.82) is 0 Å². The Bertz CT molecular complexity index is 1250. The first-order valence-corrected chi connectivity index (χ1v) is 15.4. The normalized spacial score (nSPS) is 15.1. The number of aromatic nitrogens is 1. The molecule has 3 rings (SSSR count). The number of phenols is 1. The Kier molecular flexibility index (Phi) is 13.7. The van der Waals surface area contributed by atoms with Crippen molar-refractivity contribution in [2.24, 2.45) is 17.6 Å². The van der Waals surface area contributed by atoms with E-state index >= 15 is 0 Å². The molecule has 0 unspecified atom stereocenters. The van der Waals surface area contributed by atoms with Gasteiger partial charge in [0.05, 0.1) is 12.9 Å². The molecule has 0 saturated carbocycles. The highest BCUT2D eigenvalue weighted by molar-refractivity contribution is 5.79. The molecular formula is C34H49N3O6. The highest BCUT2D eigenvalue weighted by Crippen LogP contribution is 2.30. The van der Waals surface area contributed by atoms with Crippen LogP contribution < -0.4 is 15.8 Å². The highest BCUT2D eigenvalue weighted by atomic mass is 16.5. The van der Waals surface area contributed by atoms with Gasteiger partial charge in [-0.15, -0.1) is 0 Å². The number of carbonyl (C=O) groups is 2. The number of aliphatic hydroxyl groups is 1. The van der Waals surface area contributed by atoms with Crippen molar-refractivity contribution in [2.75, 3.05) is 20.3 Å². The number of ketones is 1. The van der Waals surface area contributed by atoms with Crippen LogP contribution in [0.1, 0.15) is 75.5 Å². The van der Waals surface area contributed by atoms with Gasteiger partial charge in [-0.05, 0) is 97.3 Å². The zero-order valence-corrected chi connectivity index (χ0v) is 25.9. The first-order valence-electron chi connectivity index (χ1n) is 15.4. The predicted octanol–water partition coefficient (Wildman–Crippen LogP) is 4.86. The van der Waals surface area contributed by atoms with Gasteiger partial charge in [0.25, 0.3) is 0 Å². The predicted molar refractivity (Wildman–Crippen MR) is 168 cm³/mol. The van der Waals surface area contributed by atoms with Gasteiger partial charge in [0.1, 0.15) is 11.9 Å². The SMILES string of the molecule is CC[C@H](CC[C@H](CC(=O)CCc1ccc(O)c(OC)c1)OC(C)=O)Cc1c[nH]cc1C[C@H](CCCO)C1=CCNC(N)=C1. The number of methoxy groups -OCH3 is 1. The number of hydrogen-bond acceptors (Lipinski definition) is 8. The Morgan fingerprint density at radius 1 is 1.12 bits per heavy atom. The van der Waals surface area contributed by atoms with Crippen molar-refractivity contribution >= 4 is 11.8 Å². The molecule has 0 aliphatic carbocycles. The van der Waals surface area contributed by atoms with Crippen LogP contribution in [0.5, 0.6) is 11.5 Å². The Morgan fingerprint density at radius 2 is 1.88 bits per heavy atom. The lowest BCUT2D eigenvalue weighted by molar-refractivity contribution is -0.148. The van der Waals surface area contributed by atoms with E-state index in [1.165, 1.54) is 30.7 Å². The number of ether oxygens (including phenoxy) is 2. The van der Waals surface area contributed by atoms with Crippen LogP contribution in [0.2, 0.25) is 0 Å². The Morgan fingerprint density at radius 3 is 2.56 bits per heavy atom. The van der Waals surface area contributed by atoms with Crippen molar-refractivity contribution in [1.82, 2.24) is 10.3 Å². The number of benzene rings is 1. The van der Waals surface area contributed by atoms with Crippen LogP contribution in [0, 0.1) is 11.8 Å². The number of aryl methyl sites for hydroxylation is 1. The number of aromatic amines is 1. The maximum atomic E-state index is 12.9. The molecule has 1 aromatic heterocycles. The lowest BCUT2D eigenvalue weighted by Crippen LogP contribution is -2.25. The number of Topliss-reactive ketones (excluding diaryl/α,β-unsaturated/α-hetero) is 1. The van der Waals surface area contributed by atoms with Gasteiger partial charge in [-0.3, -0.25) is 9.59 Å². The summed E-state index contributed by atoms with van der Waals surface area (Å²) < 4.78 is 10.7. The van der Waals surface area contributed by atoms with Gasteiger partial charge in [0, 0.05) is 45.3 Å². The smallest absolute Gasteiger partial charge is 0.302 e. The van der Waals surface area contributed by atoms with Crippen LogP contribution in [0.4, 0.5) is 0 Å². The van der Waals surface area contributed by atoms with Crippen molar-refractivity contribution < 1.29 is 29.3 Å². The Balaban J connectivity index is 1.58. The van der Waals surface area contributed by atoms with Crippen LogP contribution >= 0.6 is 0 Å². The minimum atomic E-state index is -0.453. The van der Waals surface area contributed by atoms with E-state index in [0.717, 1.165) is 44.1 Å². The van der Waals surface area contributed by atoms with Gasteiger partial charge in [0.2, 0.25) is 0 Å². The van der Waals surface area contributed by atoms with E-state index in [1.807, 2.05) is 6.08 Å². The number of phenolic OH excluding ortho intramolecular Hbond substituents is 1. The van der Waals surface area contributed by atoms with Crippen molar-refractivity contribution in [3.63, 3.8) is 0 Å². The molecule has 1 aromatic carbocycles. The number of esters is 1. The monoisotopic (exact) mass is 595 g/mol. The highest BCUT2D eigenvalue weighted by Gasteiger charge is 2.22. The molecule has 2 heterocycles. The number of dihydropyridines is 1. The average molecular weight is 596 g/mol. The number of aliphatic hydroxyl groups excluding tert-OH is 1. The van der Waals surface area contributed by atoms with Crippen molar-refractivity contribution in [3.05, 3.63) is 70.8 Å². The van der Waals surface area contributed by atoms with Gasteiger partial charge in [-0.2, -0.15) is 0 Å². The van der Waals surface area contributed by atoms with Crippen LogP contribution in [0.3, 0.4) is 0 Å². The molecule has 0 radical (unpaired) electrons. The number of H-pyrrole nitrogens is 1. The second-order valence-electron chi connectivity index (χ2n) is 11.5. The van der Waals surface area contributed by atoms with Gasteiger partial charge >= 0.3 is 5.97 Å². The Hall–Kier alpha value is -3.72. The van der Waals surface area contributed by atoms with Crippen molar-refractivity contribution in [3.8, 4) is 11.5 Å². The van der Waals surface area contributed by atoms with E-state index < -0.39 is 6.10 Å². The van der Waals surface area contributed by atoms with E-state index in [-0.39, 0.29) is 36.4 Å². The number of hydrogen-bond donors (Lipinski definition) is 5. The maximum Gasteiger partial charge on any atom is 0.302 e. The van der Waals surface area contributed by atoms with Gasteiger partial charge in [-0.25, -0.2) is 0 Å². The fourth-order valence-corrected chi connectivity index (χ4v) is 5.80. The summed E-state index contributed by atoms with van der Waals surface area (Å²) in [5.74, 6) is 1.42. The molecule has 6 N–H and O–H groups in total. The van der Waals surface area contributed by atoms with E-state index in [0.29, 0.717) is 43.3 Å². The van der Waals surface area contributed by atoms with E-state index in [2.05, 4.69) is 35.7 Å². The molecule has 1 aliphatic heterocycles. The first kappa shape index (κ1) is 33.8. The summed E-state index contributed by atoms with van der Waals surface area (Å²) in [7, 11) is 1.49. The summed E-state index contributed by atoms with van der Waals surface area (Å²) >= 11 is 0. The number of allylic oxidation sites excluding steroid dienone is 2. The molecule has 0 saturated heterocycles. The molecule has 9 heteroatoms. The maximum absolute atomic E-state index is 12.9. The van der Waals surface area contributed by atoms with Gasteiger partial charge < -0.3 is 35.7 Å². The second-order valence-corrected chi connectivity index (χ2v) is 11.5. The molecule has 0 spiro atoms. The quantitative estimate of drug-likeness (QED) is 0.145. The zero-order valence-electron chi connectivity index (χ0n) is 25.9. The topological polar surface area (TPSA) is 147 Å². The third kappa shape index (κ3) is 11.1. The molecule has 43 heavy (non-hydrogen) atoms. The second kappa shape index (κ2) is 17.4. The van der Waals surface area contributed by atoms with Crippen LogP contribution in [0.25, 0.3) is 0 Å². The summed E-state index contributed by atoms with van der Waals surface area (Å²) in [6.45, 7) is 4.43. The minimum Gasteiger partial charge on any atom is -0.504 e. The fraction of sp³-hybridized carbons (Fsp3) is 0.529. The molecule has 3 atom stereocenters. The summed E-state index contributed by atoms with van der Waals surface area (Å²) in [5.41, 5.74) is 10.7. The number of rotatable bonds is 19. The Labute approximate surface area is 255 Å². The summed E-state index contributed by atoms with van der Waals surface area (Å²) in [5, 5.41) is 22.4. The molecule has 1 aliphatic rings. The number of nitrogens with one attached hydrogen (secondary N) is 2. The molecule has 2 aromatic rings. The minimum absolute atomic E-state index is 0.0371. The zero-order chi connectivity index (χ0) is 31.2. The number of aromatic hydroxyl groups is 1. The molecule has 0 bridgehead atoms. The van der Waals surface area contributed by atoms with Crippen LogP contribution in [0.15, 0.2) is 54.1 Å². The number of carbonyl (C=O) groups excluding carboxylic acids is 2. The van der Waals surface area contributed by atoms with Crippen molar-refractivity contribution in [2.45, 2.75) is 84.2 Å². The van der Waals surface area contributed by atoms with E-state index in [4.69, 9.17) is 15.2 Å². The van der Waals surface area contributed by atoms with Gasteiger partial charge in [0.15, 0.2) is 11.5 Å². The summed E-state index contributed by atoms with van der Waals surface area (Å²) in [6, 6.07) is 5.08. The van der Waals surface area contributed by atoms with Crippen LogP contribution in [-0.2, 0) is 33.6 Å². The van der Waals surface area contributed by atoms with E-state index in [1.54, 1.807) is 18.2 Å². The first-order chi connectivity index (χ1) is 20.7. The third-order valence-corrected chi connectivity index (χ3v) is 8.25. The number of nitrogens with two attached hydrogens (primary N) is 1. The third-order valence-electron chi connectivity index (χ3n) is 8.25. The molecule has 236 valence electrons. The lowest BCUT2D eigenvalue weighted by atomic mass is 9.84. The standard InChI is InChI=1S/C34H49N3O6/c1-4-24(16-28-21-36-22-29(28)18-26(6-5-15-38)27-13-14-37-34(35)19-27)8-11-31(43-23(2)39)20-30(40)10-7-25-9-12-32(41)33(17-25)42-3/h9,12-13,17,19,21-22,24,26,31,36-38,41H,4-8,10-11,14-16,18,20,35H2,1-3H3/t24-,26+,31-/m1/s1. The molecular weight excluding hydrogens is 546 g/mol. The average Bonchev–Trinajstić information content (AvgIpc) is 3.42. The molecule has 0 amide bonds. The largest absolute Gasteiger partial charge is 0.504 e. The summed E-state index contributed by atoms with van der Waals surface area (Å²) in [6.07, 6.45) is 14.7. The summed E-state index contributed by atoms with van der Waals surface area (Å²) in [4.78, 5) is 28.0.